The summed E-state index contributed by atoms with van der Waals surface area (Å²) >= 11 is 0. The highest BCUT2D eigenvalue weighted by molar-refractivity contribution is 5.96. The first-order valence-corrected chi connectivity index (χ1v) is 8.11. The zero-order valence-electron chi connectivity index (χ0n) is 14.2. The molecule has 3 aromatic rings. The third-order valence-electron chi connectivity index (χ3n) is 3.84. The third kappa shape index (κ3) is 4.55. The van der Waals surface area contributed by atoms with E-state index in [0.29, 0.717) is 0 Å². The molecule has 0 aliphatic rings. The number of hydrogen-bond acceptors (Lipinski definition) is 3. The van der Waals surface area contributed by atoms with Gasteiger partial charge in [-0.05, 0) is 29.8 Å². The fourth-order valence-corrected chi connectivity index (χ4v) is 2.47. The second kappa shape index (κ2) is 8.22. The molecule has 2 amide bonds. The van der Waals surface area contributed by atoms with Crippen LogP contribution in [0.5, 0.6) is 0 Å². The Morgan fingerprint density at radius 1 is 1.04 bits per heavy atom. The molecule has 2 N–H and O–H groups in total. The van der Waals surface area contributed by atoms with Gasteiger partial charge in [0.25, 0.3) is 5.91 Å². The van der Waals surface area contributed by atoms with Crippen molar-refractivity contribution in [1.82, 2.24) is 20.2 Å². The number of amides is 2. The standard InChI is InChI=1S/C19H16F2N4O2/c20-15-6-5-13(9-16(15)21)19(27)24-11-18(26)23-10-14-3-1-2-4-17(14)25-8-7-22-12-25/h1-9,12H,10-11H2,(H,23,26)(H,24,27). The average molecular weight is 370 g/mol. The van der Waals surface area contributed by atoms with E-state index >= 15 is 0 Å². The summed E-state index contributed by atoms with van der Waals surface area (Å²) in [5.74, 6) is -3.24. The van der Waals surface area contributed by atoms with Crippen LogP contribution in [0.2, 0.25) is 0 Å². The molecule has 0 aliphatic heterocycles. The van der Waals surface area contributed by atoms with Gasteiger partial charge < -0.3 is 15.2 Å². The summed E-state index contributed by atoms with van der Waals surface area (Å²) < 4.78 is 27.9. The SMILES string of the molecule is O=C(CNC(=O)c1ccc(F)c(F)c1)NCc1ccccc1-n1ccnc1. The van der Waals surface area contributed by atoms with Crippen LogP contribution in [-0.4, -0.2) is 27.9 Å². The van der Waals surface area contributed by atoms with E-state index in [4.69, 9.17) is 0 Å². The second-order valence-electron chi connectivity index (χ2n) is 5.69. The molecule has 0 unspecified atom stereocenters. The van der Waals surface area contributed by atoms with Crippen LogP contribution in [0.25, 0.3) is 5.69 Å². The predicted octanol–water partition coefficient (Wildman–Crippen LogP) is 2.20. The van der Waals surface area contributed by atoms with E-state index in [1.54, 1.807) is 18.7 Å². The summed E-state index contributed by atoms with van der Waals surface area (Å²) in [6.07, 6.45) is 5.11. The summed E-state index contributed by atoms with van der Waals surface area (Å²) in [6.45, 7) is -0.0285. The van der Waals surface area contributed by atoms with Gasteiger partial charge in [-0.25, -0.2) is 13.8 Å². The van der Waals surface area contributed by atoms with E-state index in [-0.39, 0.29) is 18.7 Å². The Morgan fingerprint density at radius 2 is 1.85 bits per heavy atom. The van der Waals surface area contributed by atoms with Crippen molar-refractivity contribution in [2.75, 3.05) is 6.54 Å². The Bertz CT molecular complexity index is 958. The van der Waals surface area contributed by atoms with E-state index in [2.05, 4.69) is 15.6 Å². The van der Waals surface area contributed by atoms with Crippen molar-refractivity contribution in [3.8, 4) is 5.69 Å². The summed E-state index contributed by atoms with van der Waals surface area (Å²) in [7, 11) is 0. The van der Waals surface area contributed by atoms with Gasteiger partial charge in [0.05, 0.1) is 18.6 Å². The number of halogens is 2. The number of imidazole rings is 1. The van der Waals surface area contributed by atoms with Gasteiger partial charge >= 0.3 is 0 Å². The number of nitrogens with zero attached hydrogens (tertiary/aromatic N) is 2. The number of benzene rings is 2. The Kier molecular flexibility index (Phi) is 5.55. The molecule has 6 nitrogen and oxygen atoms in total. The molecule has 1 aromatic heterocycles. The van der Waals surface area contributed by atoms with Gasteiger partial charge in [0.2, 0.25) is 5.91 Å². The minimum atomic E-state index is -1.12. The molecule has 8 heteroatoms. The molecule has 0 saturated heterocycles. The van der Waals surface area contributed by atoms with Crippen molar-refractivity contribution < 1.29 is 18.4 Å². The molecule has 3 rings (SSSR count). The predicted molar refractivity (Wildman–Crippen MR) is 94.1 cm³/mol. The van der Waals surface area contributed by atoms with Gasteiger partial charge in [-0.2, -0.15) is 0 Å². The number of aromatic nitrogens is 2. The van der Waals surface area contributed by atoms with E-state index in [0.717, 1.165) is 29.4 Å². The first-order chi connectivity index (χ1) is 13.0. The van der Waals surface area contributed by atoms with Crippen LogP contribution < -0.4 is 10.6 Å². The van der Waals surface area contributed by atoms with E-state index in [1.165, 1.54) is 0 Å². The van der Waals surface area contributed by atoms with Gasteiger partial charge in [0.15, 0.2) is 11.6 Å². The summed E-state index contributed by atoms with van der Waals surface area (Å²) in [4.78, 5) is 27.9. The molecule has 0 spiro atoms. The summed E-state index contributed by atoms with van der Waals surface area (Å²) in [5, 5.41) is 5.08. The van der Waals surface area contributed by atoms with Crippen molar-refractivity contribution in [1.29, 1.82) is 0 Å². The molecule has 0 aliphatic carbocycles. The lowest BCUT2D eigenvalue weighted by Crippen LogP contribution is -2.36. The molecule has 0 atom stereocenters. The Morgan fingerprint density at radius 3 is 2.59 bits per heavy atom. The second-order valence-corrected chi connectivity index (χ2v) is 5.69. The molecule has 0 saturated carbocycles. The van der Waals surface area contributed by atoms with Crippen molar-refractivity contribution in [3.05, 3.63) is 83.9 Å². The highest BCUT2D eigenvalue weighted by Gasteiger charge is 2.11. The topological polar surface area (TPSA) is 76.0 Å². The molecule has 138 valence electrons. The quantitative estimate of drug-likeness (QED) is 0.698. The molecule has 1 heterocycles. The molecular weight excluding hydrogens is 354 g/mol. The maximum Gasteiger partial charge on any atom is 0.251 e. The van der Waals surface area contributed by atoms with Crippen molar-refractivity contribution >= 4 is 11.8 Å². The largest absolute Gasteiger partial charge is 0.350 e. The van der Waals surface area contributed by atoms with E-state index in [9.17, 15) is 18.4 Å². The van der Waals surface area contributed by atoms with Gasteiger partial charge in [-0.3, -0.25) is 9.59 Å². The van der Waals surface area contributed by atoms with Crippen LogP contribution in [0.1, 0.15) is 15.9 Å². The van der Waals surface area contributed by atoms with Crippen LogP contribution in [0.15, 0.2) is 61.2 Å². The Hall–Kier alpha value is -3.55. The van der Waals surface area contributed by atoms with Crippen molar-refractivity contribution in [3.63, 3.8) is 0 Å². The number of rotatable bonds is 6. The summed E-state index contributed by atoms with van der Waals surface area (Å²) in [6, 6.07) is 10.3. The number of carbonyl (C=O) groups is 2. The van der Waals surface area contributed by atoms with Gasteiger partial charge in [0, 0.05) is 24.5 Å². The van der Waals surface area contributed by atoms with Crippen LogP contribution in [0.3, 0.4) is 0 Å². The lowest BCUT2D eigenvalue weighted by Gasteiger charge is -2.11. The first-order valence-electron chi connectivity index (χ1n) is 8.11. The molecule has 0 fully saturated rings. The lowest BCUT2D eigenvalue weighted by molar-refractivity contribution is -0.120. The fourth-order valence-electron chi connectivity index (χ4n) is 2.47. The van der Waals surface area contributed by atoms with Crippen LogP contribution in [0.4, 0.5) is 8.78 Å². The zero-order valence-corrected chi connectivity index (χ0v) is 14.2. The number of nitrogens with one attached hydrogen (secondary N) is 2. The molecule has 0 bridgehead atoms. The van der Waals surface area contributed by atoms with Crippen LogP contribution in [-0.2, 0) is 11.3 Å². The number of para-hydroxylation sites is 1. The van der Waals surface area contributed by atoms with Crippen molar-refractivity contribution in [2.24, 2.45) is 0 Å². The van der Waals surface area contributed by atoms with Crippen LogP contribution >= 0.6 is 0 Å². The van der Waals surface area contributed by atoms with Gasteiger partial charge in [-0.15, -0.1) is 0 Å². The first kappa shape index (κ1) is 18.2. The van der Waals surface area contributed by atoms with Crippen molar-refractivity contribution in [2.45, 2.75) is 6.54 Å². The van der Waals surface area contributed by atoms with E-state index < -0.39 is 23.4 Å². The average Bonchev–Trinajstić information content (AvgIpc) is 3.21. The fraction of sp³-hybridized carbons (Fsp3) is 0.105. The van der Waals surface area contributed by atoms with E-state index in [1.807, 2.05) is 28.8 Å². The smallest absolute Gasteiger partial charge is 0.251 e. The maximum atomic E-state index is 13.2. The molecule has 0 radical (unpaired) electrons. The molecule has 2 aromatic carbocycles. The lowest BCUT2D eigenvalue weighted by atomic mass is 10.1. The maximum absolute atomic E-state index is 13.2. The number of hydrogen-bond donors (Lipinski definition) is 2. The van der Waals surface area contributed by atoms with Gasteiger partial charge in [-0.1, -0.05) is 18.2 Å². The number of carbonyl (C=O) groups excluding carboxylic acids is 2. The molecular formula is C19H16F2N4O2. The zero-order chi connectivity index (χ0) is 19.2. The minimum Gasteiger partial charge on any atom is -0.350 e. The highest BCUT2D eigenvalue weighted by Crippen LogP contribution is 2.13. The summed E-state index contributed by atoms with van der Waals surface area (Å²) in [5.41, 5.74) is 1.68. The normalized spacial score (nSPS) is 10.4. The Labute approximate surface area is 153 Å². The Balaban J connectivity index is 1.55. The molecule has 27 heavy (non-hydrogen) atoms. The minimum absolute atomic E-state index is 0.0628. The van der Waals surface area contributed by atoms with Gasteiger partial charge in [0.1, 0.15) is 0 Å². The van der Waals surface area contributed by atoms with Crippen LogP contribution in [0, 0.1) is 11.6 Å². The third-order valence-corrected chi connectivity index (χ3v) is 3.84. The highest BCUT2D eigenvalue weighted by atomic mass is 19.2. The monoisotopic (exact) mass is 370 g/mol.